The minimum absolute atomic E-state index is 0. The van der Waals surface area contributed by atoms with Gasteiger partial charge in [-0.25, -0.2) is 4.79 Å². The Hall–Kier alpha value is -1.67. The van der Waals surface area contributed by atoms with Crippen molar-refractivity contribution in [1.82, 2.24) is 10.2 Å². The Kier molecular flexibility index (Phi) is 6.63. The van der Waals surface area contributed by atoms with Crippen molar-refractivity contribution in [2.75, 3.05) is 25.0 Å². The van der Waals surface area contributed by atoms with E-state index >= 15 is 0 Å². The van der Waals surface area contributed by atoms with Gasteiger partial charge in [-0.05, 0) is 44.4 Å². The highest BCUT2D eigenvalue weighted by Gasteiger charge is 2.33. The van der Waals surface area contributed by atoms with Crippen molar-refractivity contribution in [2.24, 2.45) is 0 Å². The zero-order valence-electron chi connectivity index (χ0n) is 14.4. The number of benzene rings is 1. The van der Waals surface area contributed by atoms with E-state index in [-0.39, 0.29) is 29.9 Å². The Morgan fingerprint density at radius 3 is 2.73 bits per heavy atom. The molecule has 1 aromatic carbocycles. The first-order valence-electron chi connectivity index (χ1n) is 8.53. The van der Waals surface area contributed by atoms with Gasteiger partial charge >= 0.3 is 12.2 Å². The lowest BCUT2D eigenvalue weighted by atomic mass is 10.1. The van der Waals surface area contributed by atoms with Crippen LogP contribution in [0.5, 0.6) is 5.75 Å². The van der Waals surface area contributed by atoms with Crippen molar-refractivity contribution >= 4 is 24.1 Å². The van der Waals surface area contributed by atoms with Crippen LogP contribution in [-0.4, -0.2) is 42.7 Å². The summed E-state index contributed by atoms with van der Waals surface area (Å²) in [5.74, 6) is 0.235. The van der Waals surface area contributed by atoms with E-state index < -0.39 is 17.8 Å². The molecule has 0 radical (unpaired) electrons. The number of carbonyl (C=O) groups is 1. The first kappa shape index (κ1) is 20.6. The summed E-state index contributed by atoms with van der Waals surface area (Å²) >= 11 is 0. The Balaban J connectivity index is 0.00000243. The molecule has 5 nitrogen and oxygen atoms in total. The van der Waals surface area contributed by atoms with Crippen LogP contribution in [-0.2, 0) is 6.18 Å². The van der Waals surface area contributed by atoms with E-state index in [1.165, 1.54) is 6.07 Å². The average Bonchev–Trinajstić information content (AvgIpc) is 2.87. The minimum Gasteiger partial charge on any atom is -0.492 e. The summed E-state index contributed by atoms with van der Waals surface area (Å²) < 4.78 is 44.2. The number of hydrogen-bond donors (Lipinski definition) is 2. The molecule has 2 bridgehead atoms. The van der Waals surface area contributed by atoms with E-state index in [9.17, 15) is 18.0 Å². The number of nitrogens with one attached hydrogen (secondary N) is 2. The van der Waals surface area contributed by atoms with E-state index in [0.717, 1.165) is 31.4 Å². The number of urea groups is 1. The first-order chi connectivity index (χ1) is 11.9. The smallest absolute Gasteiger partial charge is 0.416 e. The molecular formula is C17H23ClF3N3O2. The van der Waals surface area contributed by atoms with Gasteiger partial charge in [0.2, 0.25) is 0 Å². The standard InChI is InChI=1S/C17H22F3N3O2.ClH/c1-2-25-15-6-3-11(17(18,19)20)9-14(15)22-16(24)23-8-7-12-4-5-13(10-23)21-12;/h3,6,9,12-13,21H,2,4-5,7-8,10H2,1H3,(H,22,24);1H/t12-,13+;/m1./s1. The summed E-state index contributed by atoms with van der Waals surface area (Å²) in [7, 11) is 0. The second-order valence-corrected chi connectivity index (χ2v) is 6.44. The Bertz CT molecular complexity index is 642. The quantitative estimate of drug-likeness (QED) is 0.819. The molecule has 2 heterocycles. The monoisotopic (exact) mass is 393 g/mol. The molecule has 0 saturated carbocycles. The van der Waals surface area contributed by atoms with Crippen molar-refractivity contribution in [3.8, 4) is 5.75 Å². The van der Waals surface area contributed by atoms with Crippen LogP contribution in [0, 0.1) is 0 Å². The fraction of sp³-hybridized carbons (Fsp3) is 0.588. The molecule has 0 aliphatic carbocycles. The van der Waals surface area contributed by atoms with Crippen LogP contribution in [0.2, 0.25) is 0 Å². The number of carbonyl (C=O) groups excluding carboxylic acids is 1. The summed E-state index contributed by atoms with van der Waals surface area (Å²) in [5.41, 5.74) is -0.771. The number of alkyl halides is 3. The highest BCUT2D eigenvalue weighted by Crippen LogP contribution is 2.35. The third-order valence-corrected chi connectivity index (χ3v) is 4.66. The minimum atomic E-state index is -4.48. The highest BCUT2D eigenvalue weighted by molar-refractivity contribution is 5.91. The number of nitrogens with zero attached hydrogens (tertiary/aromatic N) is 1. The van der Waals surface area contributed by atoms with Crippen LogP contribution in [0.25, 0.3) is 0 Å². The number of anilines is 1. The van der Waals surface area contributed by atoms with Crippen molar-refractivity contribution in [3.05, 3.63) is 23.8 Å². The van der Waals surface area contributed by atoms with Crippen molar-refractivity contribution in [3.63, 3.8) is 0 Å². The number of ether oxygens (including phenoxy) is 1. The van der Waals surface area contributed by atoms with Gasteiger partial charge in [0.05, 0.1) is 17.9 Å². The molecule has 0 unspecified atom stereocenters. The maximum absolute atomic E-state index is 13.0. The largest absolute Gasteiger partial charge is 0.492 e. The predicted molar refractivity (Wildman–Crippen MR) is 95.0 cm³/mol. The summed E-state index contributed by atoms with van der Waals surface area (Å²) in [6.45, 7) is 3.18. The predicted octanol–water partition coefficient (Wildman–Crippen LogP) is 3.88. The lowest BCUT2D eigenvalue weighted by Crippen LogP contribution is -2.41. The molecule has 146 valence electrons. The van der Waals surface area contributed by atoms with E-state index in [1.807, 2.05) is 0 Å². The van der Waals surface area contributed by atoms with Crippen molar-refractivity contribution in [1.29, 1.82) is 0 Å². The number of amides is 2. The molecule has 2 amide bonds. The van der Waals surface area contributed by atoms with Crippen LogP contribution in [0.4, 0.5) is 23.7 Å². The first-order valence-corrected chi connectivity index (χ1v) is 8.53. The van der Waals surface area contributed by atoms with Gasteiger partial charge in [0, 0.05) is 25.2 Å². The van der Waals surface area contributed by atoms with Crippen LogP contribution in [0.3, 0.4) is 0 Å². The fourth-order valence-corrected chi connectivity index (χ4v) is 3.41. The lowest BCUT2D eigenvalue weighted by molar-refractivity contribution is -0.137. The number of halogens is 4. The molecular weight excluding hydrogens is 371 g/mol. The SMILES string of the molecule is CCOc1ccc(C(F)(F)F)cc1NC(=O)N1CC[C@H]2CC[C@@H](C1)N2.Cl. The molecule has 0 aromatic heterocycles. The molecule has 2 atom stereocenters. The zero-order valence-corrected chi connectivity index (χ0v) is 15.3. The summed E-state index contributed by atoms with van der Waals surface area (Å²) in [6, 6.07) is 3.41. The molecule has 2 N–H and O–H groups in total. The zero-order chi connectivity index (χ0) is 18.0. The third kappa shape index (κ3) is 4.73. The molecule has 1 aromatic rings. The lowest BCUT2D eigenvalue weighted by Gasteiger charge is -2.25. The Morgan fingerprint density at radius 1 is 1.31 bits per heavy atom. The number of fused-ring (bicyclic) bond motifs is 2. The third-order valence-electron chi connectivity index (χ3n) is 4.66. The van der Waals surface area contributed by atoms with E-state index in [2.05, 4.69) is 10.6 Å². The average molecular weight is 394 g/mol. The summed E-state index contributed by atoms with van der Waals surface area (Å²) in [4.78, 5) is 14.2. The normalized spacial score (nSPS) is 22.4. The second-order valence-electron chi connectivity index (χ2n) is 6.44. The van der Waals surface area contributed by atoms with Crippen LogP contribution in [0.15, 0.2) is 18.2 Å². The van der Waals surface area contributed by atoms with Crippen molar-refractivity contribution in [2.45, 2.75) is 44.4 Å². The highest BCUT2D eigenvalue weighted by atomic mass is 35.5. The maximum Gasteiger partial charge on any atom is 0.416 e. The fourth-order valence-electron chi connectivity index (χ4n) is 3.41. The van der Waals surface area contributed by atoms with Gasteiger partial charge in [-0.15, -0.1) is 12.4 Å². The summed E-state index contributed by atoms with van der Waals surface area (Å²) in [5, 5.41) is 6.07. The number of likely N-dealkylation sites (tertiary alicyclic amines) is 1. The van der Waals surface area contributed by atoms with Crippen LogP contribution in [0.1, 0.15) is 31.7 Å². The summed E-state index contributed by atoms with van der Waals surface area (Å²) in [6.07, 6.45) is -1.49. The number of hydrogen-bond acceptors (Lipinski definition) is 3. The Morgan fingerprint density at radius 2 is 2.04 bits per heavy atom. The van der Waals surface area contributed by atoms with Gasteiger partial charge < -0.3 is 20.3 Å². The Labute approximate surface area is 156 Å². The molecule has 26 heavy (non-hydrogen) atoms. The van der Waals surface area contributed by atoms with Gasteiger partial charge in [-0.1, -0.05) is 0 Å². The van der Waals surface area contributed by atoms with Crippen LogP contribution < -0.4 is 15.4 Å². The molecule has 9 heteroatoms. The molecule has 2 aliphatic heterocycles. The molecule has 3 rings (SSSR count). The topological polar surface area (TPSA) is 53.6 Å². The van der Waals surface area contributed by atoms with Gasteiger partial charge in [-0.3, -0.25) is 0 Å². The number of rotatable bonds is 3. The van der Waals surface area contributed by atoms with Gasteiger partial charge in [0.1, 0.15) is 5.75 Å². The van der Waals surface area contributed by atoms with E-state index in [0.29, 0.717) is 25.7 Å². The van der Waals surface area contributed by atoms with Crippen molar-refractivity contribution < 1.29 is 22.7 Å². The molecule has 2 fully saturated rings. The molecule has 2 aliphatic rings. The van der Waals surface area contributed by atoms with Gasteiger partial charge in [-0.2, -0.15) is 13.2 Å². The maximum atomic E-state index is 13.0. The second kappa shape index (κ2) is 8.35. The molecule has 2 saturated heterocycles. The van der Waals surface area contributed by atoms with Gasteiger partial charge in [0.15, 0.2) is 0 Å². The van der Waals surface area contributed by atoms with E-state index in [4.69, 9.17) is 4.74 Å². The molecule has 0 spiro atoms. The van der Waals surface area contributed by atoms with Crippen LogP contribution >= 0.6 is 12.4 Å². The van der Waals surface area contributed by atoms with E-state index in [1.54, 1.807) is 11.8 Å². The van der Waals surface area contributed by atoms with Gasteiger partial charge in [0.25, 0.3) is 0 Å².